The number of aryl methyl sites for hydroxylation is 1. The third-order valence-corrected chi connectivity index (χ3v) is 6.11. The molecule has 4 nitrogen and oxygen atoms in total. The Morgan fingerprint density at radius 1 is 1.24 bits per heavy atom. The predicted molar refractivity (Wildman–Crippen MR) is 128 cm³/mol. The van der Waals surface area contributed by atoms with Crippen LogP contribution in [0.25, 0.3) is 0 Å². The summed E-state index contributed by atoms with van der Waals surface area (Å²) in [6.07, 6.45) is 0.802. The lowest BCUT2D eigenvalue weighted by molar-refractivity contribution is 0.160. The highest BCUT2D eigenvalue weighted by atomic mass is 32.1. The molecule has 0 bridgehead atoms. The lowest BCUT2D eigenvalue weighted by atomic mass is 9.84. The van der Waals surface area contributed by atoms with Crippen molar-refractivity contribution in [1.82, 2.24) is 5.01 Å². The summed E-state index contributed by atoms with van der Waals surface area (Å²) in [5.41, 5.74) is 5.19. The Bertz CT molecular complexity index is 723. The molecule has 1 aromatic carbocycles. The van der Waals surface area contributed by atoms with Crippen molar-refractivity contribution in [3.05, 3.63) is 58.0 Å². The third-order valence-electron chi connectivity index (χ3n) is 5.43. The molecular formula is C24H38N2O2S. The van der Waals surface area contributed by atoms with Gasteiger partial charge in [-0.15, -0.1) is 12.6 Å². The van der Waals surface area contributed by atoms with Gasteiger partial charge < -0.3 is 9.84 Å². The molecule has 29 heavy (non-hydrogen) atoms. The minimum atomic E-state index is -0.159. The van der Waals surface area contributed by atoms with E-state index < -0.39 is 0 Å². The van der Waals surface area contributed by atoms with Gasteiger partial charge in [0.1, 0.15) is 0 Å². The molecule has 0 saturated carbocycles. The fourth-order valence-corrected chi connectivity index (χ4v) is 3.68. The smallest absolute Gasteiger partial charge is 0.0765 e. The molecule has 1 aromatic rings. The van der Waals surface area contributed by atoms with E-state index in [0.717, 1.165) is 22.6 Å². The normalized spacial score (nSPS) is 15.2. The molecule has 2 atom stereocenters. The molecule has 0 spiro atoms. The Morgan fingerprint density at radius 2 is 1.83 bits per heavy atom. The molecular weight excluding hydrogens is 380 g/mol. The van der Waals surface area contributed by atoms with E-state index in [1.54, 1.807) is 7.11 Å². The number of likely N-dealkylation sites (N-methyl/N-ethyl adjacent to an activating group) is 1. The Labute approximate surface area is 182 Å². The van der Waals surface area contributed by atoms with Crippen molar-refractivity contribution < 1.29 is 9.84 Å². The van der Waals surface area contributed by atoms with Crippen LogP contribution >= 0.6 is 12.6 Å². The Morgan fingerprint density at radius 3 is 2.31 bits per heavy atom. The number of allylic oxidation sites excluding steroid dienone is 2. The summed E-state index contributed by atoms with van der Waals surface area (Å²) >= 11 is 4.70. The monoisotopic (exact) mass is 418 g/mol. The number of aliphatic hydroxyl groups excluding tert-OH is 1. The molecule has 0 aliphatic rings. The quantitative estimate of drug-likeness (QED) is 0.225. The summed E-state index contributed by atoms with van der Waals surface area (Å²) in [6.45, 7) is 15.1. The molecule has 0 heterocycles. The van der Waals surface area contributed by atoms with Gasteiger partial charge in [-0.1, -0.05) is 55.8 Å². The zero-order valence-electron chi connectivity index (χ0n) is 19.1. The van der Waals surface area contributed by atoms with Crippen molar-refractivity contribution in [1.29, 1.82) is 0 Å². The highest BCUT2D eigenvalue weighted by Crippen LogP contribution is 2.31. The fraction of sp³-hybridized carbons (Fsp3) is 0.542. The number of thiol groups is 1. The summed E-state index contributed by atoms with van der Waals surface area (Å²) in [5.74, 6) is 0.499. The number of hydrazone groups is 1. The largest absolute Gasteiger partial charge is 0.392 e. The molecule has 0 amide bonds. The maximum atomic E-state index is 9.89. The number of rotatable bonds is 11. The van der Waals surface area contributed by atoms with Crippen LogP contribution in [0.5, 0.6) is 0 Å². The second-order valence-electron chi connectivity index (χ2n) is 8.01. The summed E-state index contributed by atoms with van der Waals surface area (Å²) in [5, 5.41) is 16.6. The molecule has 1 rings (SSSR count). The van der Waals surface area contributed by atoms with Crippen LogP contribution in [-0.4, -0.2) is 49.2 Å². The first-order valence-corrected chi connectivity index (χ1v) is 10.6. The van der Waals surface area contributed by atoms with E-state index in [9.17, 15) is 5.11 Å². The van der Waals surface area contributed by atoms with E-state index in [1.807, 2.05) is 19.0 Å². The molecule has 0 aliphatic heterocycles. The van der Waals surface area contributed by atoms with E-state index in [2.05, 4.69) is 58.5 Å². The number of nitrogens with zero attached hydrogens (tertiary/aromatic N) is 2. The topological polar surface area (TPSA) is 45.1 Å². The summed E-state index contributed by atoms with van der Waals surface area (Å²) in [7, 11) is 3.65. The standard InChI is InChI=1S/C24H38N2O2S/c1-16(2)19(5)24(29)20(6)25-26(7)23(18(4)15-27)22(13-14-28-8)21-11-9-17(3)10-12-21/h9-12,16,22-23,27,29H,4,13-15H2,1-3,5-8H3/b24-19+,25-20-. The summed E-state index contributed by atoms with van der Waals surface area (Å²) < 4.78 is 5.37. The number of methoxy groups -OCH3 is 1. The van der Waals surface area contributed by atoms with Gasteiger partial charge in [0.2, 0.25) is 0 Å². The average Bonchev–Trinajstić information content (AvgIpc) is 2.69. The molecule has 0 fully saturated rings. The first-order valence-electron chi connectivity index (χ1n) is 10.2. The van der Waals surface area contributed by atoms with Gasteiger partial charge in [-0.25, -0.2) is 0 Å². The van der Waals surface area contributed by atoms with Gasteiger partial charge in [0, 0.05) is 31.6 Å². The molecule has 162 valence electrons. The molecule has 5 heteroatoms. The third kappa shape index (κ3) is 7.32. The zero-order chi connectivity index (χ0) is 22.1. The van der Waals surface area contributed by atoms with E-state index in [-0.39, 0.29) is 18.6 Å². The van der Waals surface area contributed by atoms with Crippen molar-refractivity contribution in [2.45, 2.75) is 53.0 Å². The number of aliphatic hydroxyl groups is 1. The number of hydrogen-bond acceptors (Lipinski definition) is 5. The first-order chi connectivity index (χ1) is 13.6. The fourth-order valence-electron chi connectivity index (χ4n) is 3.37. The van der Waals surface area contributed by atoms with Gasteiger partial charge in [-0.2, -0.15) is 5.10 Å². The van der Waals surface area contributed by atoms with E-state index in [1.165, 1.54) is 16.7 Å². The van der Waals surface area contributed by atoms with Crippen LogP contribution < -0.4 is 0 Å². The number of ether oxygens (including phenoxy) is 1. The Balaban J connectivity index is 3.36. The molecule has 0 aromatic heterocycles. The minimum Gasteiger partial charge on any atom is -0.392 e. The first kappa shape index (κ1) is 25.5. The maximum Gasteiger partial charge on any atom is 0.0765 e. The van der Waals surface area contributed by atoms with Gasteiger partial charge >= 0.3 is 0 Å². The number of benzene rings is 1. The van der Waals surface area contributed by atoms with Gasteiger partial charge in [0.25, 0.3) is 0 Å². The predicted octanol–water partition coefficient (Wildman–Crippen LogP) is 5.20. The van der Waals surface area contributed by atoms with Crippen LogP contribution in [0.15, 0.2) is 52.0 Å². The molecule has 0 radical (unpaired) electrons. The summed E-state index contributed by atoms with van der Waals surface area (Å²) in [4.78, 5) is 0.906. The van der Waals surface area contributed by atoms with E-state index >= 15 is 0 Å². The average molecular weight is 419 g/mol. The van der Waals surface area contributed by atoms with Crippen LogP contribution in [0.4, 0.5) is 0 Å². The lowest BCUT2D eigenvalue weighted by Gasteiger charge is -2.35. The van der Waals surface area contributed by atoms with Crippen LogP contribution in [0.3, 0.4) is 0 Å². The second-order valence-corrected chi connectivity index (χ2v) is 8.45. The van der Waals surface area contributed by atoms with E-state index in [0.29, 0.717) is 12.5 Å². The molecule has 1 N–H and O–H groups in total. The lowest BCUT2D eigenvalue weighted by Crippen LogP contribution is -2.37. The van der Waals surface area contributed by atoms with Gasteiger partial charge in [0.05, 0.1) is 18.4 Å². The van der Waals surface area contributed by atoms with E-state index in [4.69, 9.17) is 22.5 Å². The van der Waals surface area contributed by atoms with Crippen LogP contribution in [-0.2, 0) is 4.74 Å². The SMILES string of the molecule is C=C(CO)C(C(CCOC)c1ccc(C)cc1)N(C)/N=C(C)\C(S)=C(\C)C(C)C. The number of hydrogen-bond donors (Lipinski definition) is 2. The van der Waals surface area contributed by atoms with Crippen molar-refractivity contribution in [2.24, 2.45) is 11.0 Å². The van der Waals surface area contributed by atoms with Crippen molar-refractivity contribution in [3.8, 4) is 0 Å². The maximum absolute atomic E-state index is 9.89. The molecule has 2 unspecified atom stereocenters. The van der Waals surface area contributed by atoms with Crippen LogP contribution in [0.2, 0.25) is 0 Å². The Hall–Kier alpha value is -1.56. The van der Waals surface area contributed by atoms with Crippen molar-refractivity contribution in [2.75, 3.05) is 27.4 Å². The van der Waals surface area contributed by atoms with Crippen molar-refractivity contribution >= 4 is 18.3 Å². The van der Waals surface area contributed by atoms with Gasteiger partial charge in [-0.05, 0) is 44.2 Å². The molecule has 0 aliphatic carbocycles. The summed E-state index contributed by atoms with van der Waals surface area (Å²) in [6, 6.07) is 8.36. The van der Waals surface area contributed by atoms with Crippen LogP contribution in [0, 0.1) is 12.8 Å². The Kier molecular flexibility index (Phi) is 10.7. The molecule has 0 saturated heterocycles. The van der Waals surface area contributed by atoms with Gasteiger partial charge in [0.15, 0.2) is 0 Å². The minimum absolute atomic E-state index is 0.0898. The van der Waals surface area contributed by atoms with Crippen molar-refractivity contribution in [3.63, 3.8) is 0 Å². The highest BCUT2D eigenvalue weighted by Gasteiger charge is 2.29. The zero-order valence-corrected chi connectivity index (χ0v) is 20.0. The highest BCUT2D eigenvalue weighted by molar-refractivity contribution is 7.85. The van der Waals surface area contributed by atoms with Gasteiger partial charge in [-0.3, -0.25) is 5.01 Å². The van der Waals surface area contributed by atoms with Crippen LogP contribution in [0.1, 0.15) is 51.2 Å². The second kappa shape index (κ2) is 12.2.